The highest BCUT2D eigenvalue weighted by Crippen LogP contribution is 2.53. The Hall–Kier alpha value is -2.09. The molecule has 0 unspecified atom stereocenters. The zero-order valence-electron chi connectivity index (χ0n) is 24.5. The van der Waals surface area contributed by atoms with E-state index < -0.39 is 50.5 Å². The Labute approximate surface area is 257 Å². The van der Waals surface area contributed by atoms with Gasteiger partial charge in [0.25, 0.3) is 0 Å². The van der Waals surface area contributed by atoms with Crippen molar-refractivity contribution < 1.29 is 22.0 Å². The van der Waals surface area contributed by atoms with Gasteiger partial charge in [0.05, 0.1) is 23.4 Å². The van der Waals surface area contributed by atoms with E-state index >= 15 is 8.78 Å². The van der Waals surface area contributed by atoms with E-state index in [1.54, 1.807) is 6.07 Å². The summed E-state index contributed by atoms with van der Waals surface area (Å²) in [6.45, 7) is 8.47. The van der Waals surface area contributed by atoms with Crippen LogP contribution in [0.5, 0.6) is 0 Å². The molecular weight excluding hydrogens is 603 g/mol. The average Bonchev–Trinajstić information content (AvgIpc) is 3.18. The van der Waals surface area contributed by atoms with Crippen molar-refractivity contribution in [2.75, 3.05) is 19.3 Å². The third-order valence-corrected chi connectivity index (χ3v) is 10.6. The smallest absolute Gasteiger partial charge is 0.211 e. The van der Waals surface area contributed by atoms with Crippen LogP contribution in [0.15, 0.2) is 36.4 Å². The Bertz CT molecular complexity index is 1510. The van der Waals surface area contributed by atoms with Gasteiger partial charge in [-0.1, -0.05) is 69.1 Å². The number of nitrogens with one attached hydrogen (secondary N) is 1. The molecular formula is C31H37Cl2F2N3O3S. The van der Waals surface area contributed by atoms with Gasteiger partial charge in [0.1, 0.15) is 17.0 Å². The van der Waals surface area contributed by atoms with E-state index in [0.717, 1.165) is 6.07 Å². The lowest BCUT2D eigenvalue weighted by atomic mass is 9.62. The monoisotopic (exact) mass is 639 g/mol. The highest BCUT2D eigenvalue weighted by Gasteiger charge is 2.61. The predicted molar refractivity (Wildman–Crippen MR) is 161 cm³/mol. The molecule has 11 heteroatoms. The number of ketones is 1. The molecule has 4 rings (SSSR count). The van der Waals surface area contributed by atoms with Crippen LogP contribution in [0.3, 0.4) is 0 Å². The van der Waals surface area contributed by atoms with Crippen LogP contribution in [0.2, 0.25) is 10.0 Å². The van der Waals surface area contributed by atoms with Gasteiger partial charge in [0.15, 0.2) is 5.78 Å². The minimum absolute atomic E-state index is 0.0310. The first-order valence-electron chi connectivity index (χ1n) is 14.0. The number of sulfonamides is 1. The summed E-state index contributed by atoms with van der Waals surface area (Å²) in [4.78, 5) is 14.3. The lowest BCUT2D eigenvalue weighted by Crippen LogP contribution is -2.45. The van der Waals surface area contributed by atoms with Gasteiger partial charge >= 0.3 is 0 Å². The molecule has 0 amide bonds. The molecule has 4 atom stereocenters. The molecule has 1 N–H and O–H groups in total. The average molecular weight is 641 g/mol. The molecule has 2 saturated heterocycles. The summed E-state index contributed by atoms with van der Waals surface area (Å²) in [5, 5.41) is 14.3. The van der Waals surface area contributed by atoms with Crippen LogP contribution < -0.4 is 5.32 Å². The molecule has 6 nitrogen and oxygen atoms in total. The summed E-state index contributed by atoms with van der Waals surface area (Å²) in [7, 11) is -3.35. The van der Waals surface area contributed by atoms with Crippen LogP contribution in [0.4, 0.5) is 8.78 Å². The SMILES string of the molecule is CC(C)(C)C[C@@H]1N[C@@H](C(=O)CC2(C)CCN(S(C)(=O)=O)CC2)[C@H](c2cccc(Cl)c2F)[C@@]1(C#N)c1ccc(Cl)cc1F. The number of benzene rings is 2. The maximum absolute atomic E-state index is 15.8. The summed E-state index contributed by atoms with van der Waals surface area (Å²) in [5.74, 6) is -2.84. The van der Waals surface area contributed by atoms with E-state index in [9.17, 15) is 18.5 Å². The van der Waals surface area contributed by atoms with E-state index in [2.05, 4.69) is 11.4 Å². The maximum atomic E-state index is 15.8. The lowest BCUT2D eigenvalue weighted by Gasteiger charge is -2.39. The number of nitrogens with zero attached hydrogens (tertiary/aromatic N) is 2. The number of nitriles is 1. The van der Waals surface area contributed by atoms with E-state index in [4.69, 9.17) is 23.2 Å². The molecule has 0 aliphatic carbocycles. The molecule has 2 aliphatic rings. The Balaban J connectivity index is 1.86. The summed E-state index contributed by atoms with van der Waals surface area (Å²) >= 11 is 12.3. The summed E-state index contributed by atoms with van der Waals surface area (Å²) in [6, 6.07) is 9.11. The van der Waals surface area contributed by atoms with E-state index in [-0.39, 0.29) is 51.9 Å². The number of Topliss-reactive ketones (excluding diaryl/α,β-unsaturated/α-hetero) is 1. The van der Waals surface area contributed by atoms with Crippen molar-refractivity contribution in [3.8, 4) is 6.07 Å². The molecule has 42 heavy (non-hydrogen) atoms. The minimum Gasteiger partial charge on any atom is -0.302 e. The number of piperidine rings is 1. The second-order valence-electron chi connectivity index (χ2n) is 13.3. The Morgan fingerprint density at radius 2 is 1.81 bits per heavy atom. The zero-order valence-corrected chi connectivity index (χ0v) is 26.8. The molecule has 228 valence electrons. The number of carbonyl (C=O) groups excluding carboxylic acids is 1. The van der Waals surface area contributed by atoms with Gasteiger partial charge in [-0.15, -0.1) is 0 Å². The molecule has 2 heterocycles. The number of rotatable bonds is 7. The second-order valence-corrected chi connectivity index (χ2v) is 16.1. The molecule has 2 aromatic rings. The van der Waals surface area contributed by atoms with Crippen LogP contribution in [-0.2, 0) is 20.2 Å². The Kier molecular flexibility index (Phi) is 9.20. The first-order chi connectivity index (χ1) is 19.4. The third-order valence-electron chi connectivity index (χ3n) is 8.80. The third kappa shape index (κ3) is 6.39. The molecule has 2 aromatic carbocycles. The molecule has 0 saturated carbocycles. The first-order valence-corrected chi connectivity index (χ1v) is 16.6. The van der Waals surface area contributed by atoms with Crippen LogP contribution in [0.1, 0.15) is 70.4 Å². The van der Waals surface area contributed by atoms with Crippen LogP contribution >= 0.6 is 23.2 Å². The first kappa shape index (κ1) is 32.8. The van der Waals surface area contributed by atoms with Gasteiger partial charge in [-0.25, -0.2) is 21.5 Å². The van der Waals surface area contributed by atoms with Crippen molar-refractivity contribution >= 4 is 39.0 Å². The van der Waals surface area contributed by atoms with Gasteiger partial charge in [-0.3, -0.25) is 4.79 Å². The minimum atomic E-state index is -3.35. The fraction of sp³-hybridized carbons (Fsp3) is 0.548. The van der Waals surface area contributed by atoms with Crippen molar-refractivity contribution in [3.05, 3.63) is 69.2 Å². The molecule has 2 fully saturated rings. The lowest BCUT2D eigenvalue weighted by molar-refractivity contribution is -0.123. The van der Waals surface area contributed by atoms with Crippen molar-refractivity contribution in [2.45, 2.75) is 76.8 Å². The topological polar surface area (TPSA) is 90.3 Å². The predicted octanol–water partition coefficient (Wildman–Crippen LogP) is 6.61. The molecule has 0 spiro atoms. The van der Waals surface area contributed by atoms with E-state index in [1.807, 2.05) is 27.7 Å². The van der Waals surface area contributed by atoms with Crippen LogP contribution in [-0.4, -0.2) is 49.9 Å². The summed E-state index contributed by atoms with van der Waals surface area (Å²) in [6.07, 6.45) is 2.56. The highest BCUT2D eigenvalue weighted by molar-refractivity contribution is 7.88. The highest BCUT2D eigenvalue weighted by atomic mass is 35.5. The Morgan fingerprint density at radius 3 is 2.36 bits per heavy atom. The van der Waals surface area contributed by atoms with Gasteiger partial charge in [-0.05, 0) is 53.9 Å². The Morgan fingerprint density at radius 1 is 1.17 bits per heavy atom. The van der Waals surface area contributed by atoms with Crippen molar-refractivity contribution in [1.82, 2.24) is 9.62 Å². The summed E-state index contributed by atoms with van der Waals surface area (Å²) in [5.41, 5.74) is -2.46. The van der Waals surface area contributed by atoms with Crippen molar-refractivity contribution in [1.29, 1.82) is 5.26 Å². The molecule has 0 radical (unpaired) electrons. The van der Waals surface area contributed by atoms with Crippen LogP contribution in [0, 0.1) is 33.8 Å². The van der Waals surface area contributed by atoms with Gasteiger partial charge in [0.2, 0.25) is 10.0 Å². The fourth-order valence-corrected chi connectivity index (χ4v) is 7.86. The number of hydrogen-bond acceptors (Lipinski definition) is 5. The number of hydrogen-bond donors (Lipinski definition) is 1. The molecule has 2 aliphatic heterocycles. The molecule has 0 aromatic heterocycles. The van der Waals surface area contributed by atoms with Gasteiger partial charge < -0.3 is 5.32 Å². The van der Waals surface area contributed by atoms with Crippen molar-refractivity contribution in [2.24, 2.45) is 10.8 Å². The van der Waals surface area contributed by atoms with Crippen molar-refractivity contribution in [3.63, 3.8) is 0 Å². The quantitative estimate of drug-likeness (QED) is 0.368. The number of carbonyl (C=O) groups is 1. The second kappa shape index (κ2) is 11.8. The maximum Gasteiger partial charge on any atom is 0.211 e. The standard InChI is InChI=1S/C31H37Cl2F2N3O3S/c1-29(2,3)17-25-31(18-36,21-10-9-19(32)15-23(21)34)26(20-7-6-8-22(33)27(20)35)28(37-25)24(39)16-30(4)11-13-38(14-12-30)42(5,40)41/h6-10,15,25-26,28,37H,11-14,16-17H2,1-5H3/t25-,26-,28-,31-/m0/s1. The van der Waals surface area contributed by atoms with Gasteiger partial charge in [-0.2, -0.15) is 5.26 Å². The fourth-order valence-electron chi connectivity index (χ4n) is 6.67. The van der Waals surface area contributed by atoms with E-state index in [0.29, 0.717) is 19.3 Å². The molecule has 0 bridgehead atoms. The normalized spacial score (nSPS) is 26.6. The summed E-state index contributed by atoms with van der Waals surface area (Å²) < 4.78 is 57.2. The van der Waals surface area contributed by atoms with E-state index in [1.165, 1.54) is 34.8 Å². The van der Waals surface area contributed by atoms with Gasteiger partial charge in [0, 0.05) is 42.1 Å². The number of halogens is 4. The van der Waals surface area contributed by atoms with Crippen LogP contribution in [0.25, 0.3) is 0 Å². The zero-order chi connectivity index (χ0) is 31.3. The largest absolute Gasteiger partial charge is 0.302 e.